The molecule has 0 bridgehead atoms. The van der Waals surface area contributed by atoms with Crippen molar-refractivity contribution >= 4 is 15.9 Å². The number of halogens is 3. The predicted octanol–water partition coefficient (Wildman–Crippen LogP) is 4.87. The maximum Gasteiger partial charge on any atom is 0.146 e. The SMILES string of the molecule is CCc1ccc(OCc2c(F)ccc(Br)c2F)cc1. The number of ether oxygens (including phenoxy) is 1. The fraction of sp³-hybridized carbons (Fsp3) is 0.200. The van der Waals surface area contributed by atoms with Gasteiger partial charge in [0.1, 0.15) is 24.0 Å². The molecule has 0 saturated heterocycles. The summed E-state index contributed by atoms with van der Waals surface area (Å²) in [5, 5.41) is 0. The Bertz CT molecular complexity index is 567. The van der Waals surface area contributed by atoms with E-state index in [2.05, 4.69) is 22.9 Å². The summed E-state index contributed by atoms with van der Waals surface area (Å²) < 4.78 is 32.9. The molecule has 0 saturated carbocycles. The Labute approximate surface area is 119 Å². The quantitative estimate of drug-likeness (QED) is 0.728. The van der Waals surface area contributed by atoms with Gasteiger partial charge < -0.3 is 4.74 Å². The highest BCUT2D eigenvalue weighted by Crippen LogP contribution is 2.23. The Balaban J connectivity index is 2.12. The van der Waals surface area contributed by atoms with Crippen LogP contribution in [0, 0.1) is 11.6 Å². The van der Waals surface area contributed by atoms with Crippen LogP contribution in [0.25, 0.3) is 0 Å². The van der Waals surface area contributed by atoms with Crippen LogP contribution in [-0.2, 0) is 13.0 Å². The molecule has 0 unspecified atom stereocenters. The summed E-state index contributed by atoms with van der Waals surface area (Å²) in [6, 6.07) is 10.0. The van der Waals surface area contributed by atoms with Crippen LogP contribution in [0.3, 0.4) is 0 Å². The van der Waals surface area contributed by atoms with E-state index < -0.39 is 11.6 Å². The number of aryl methyl sites for hydroxylation is 1. The lowest BCUT2D eigenvalue weighted by atomic mass is 10.2. The van der Waals surface area contributed by atoms with Gasteiger partial charge >= 0.3 is 0 Å². The van der Waals surface area contributed by atoms with Crippen LogP contribution in [0.4, 0.5) is 8.78 Å². The molecule has 0 N–H and O–H groups in total. The normalized spacial score (nSPS) is 10.5. The third-order valence-electron chi connectivity index (χ3n) is 2.85. The lowest BCUT2D eigenvalue weighted by molar-refractivity contribution is 0.292. The molecule has 1 nitrogen and oxygen atoms in total. The topological polar surface area (TPSA) is 9.23 Å². The van der Waals surface area contributed by atoms with Crippen molar-refractivity contribution in [3.05, 3.63) is 63.6 Å². The second kappa shape index (κ2) is 6.15. The minimum Gasteiger partial charge on any atom is -0.489 e. The van der Waals surface area contributed by atoms with Crippen LogP contribution in [0.5, 0.6) is 5.75 Å². The summed E-state index contributed by atoms with van der Waals surface area (Å²) in [5.41, 5.74) is 1.11. The Morgan fingerprint density at radius 1 is 1.05 bits per heavy atom. The predicted molar refractivity (Wildman–Crippen MR) is 74.2 cm³/mol. The molecule has 100 valence electrons. The third-order valence-corrected chi connectivity index (χ3v) is 3.47. The smallest absolute Gasteiger partial charge is 0.146 e. The van der Waals surface area contributed by atoms with Gasteiger partial charge in [0.2, 0.25) is 0 Å². The van der Waals surface area contributed by atoms with Crippen molar-refractivity contribution in [2.75, 3.05) is 0 Å². The molecular formula is C15H13BrF2O. The van der Waals surface area contributed by atoms with E-state index in [0.29, 0.717) is 5.75 Å². The summed E-state index contributed by atoms with van der Waals surface area (Å²) in [7, 11) is 0. The molecule has 4 heteroatoms. The molecule has 0 aliphatic rings. The lowest BCUT2D eigenvalue weighted by Crippen LogP contribution is -2.02. The molecule has 0 spiro atoms. The fourth-order valence-corrected chi connectivity index (χ4v) is 2.05. The molecule has 0 amide bonds. The highest BCUT2D eigenvalue weighted by molar-refractivity contribution is 9.10. The molecule has 0 aromatic heterocycles. The van der Waals surface area contributed by atoms with Gasteiger partial charge in [-0.3, -0.25) is 0 Å². The molecule has 0 atom stereocenters. The van der Waals surface area contributed by atoms with Crippen LogP contribution in [0.1, 0.15) is 18.1 Å². The van der Waals surface area contributed by atoms with Gasteiger partial charge in [-0.15, -0.1) is 0 Å². The van der Waals surface area contributed by atoms with Crippen molar-refractivity contribution < 1.29 is 13.5 Å². The van der Waals surface area contributed by atoms with E-state index in [4.69, 9.17) is 4.74 Å². The molecule has 0 aliphatic carbocycles. The molecule has 0 aliphatic heterocycles. The zero-order valence-electron chi connectivity index (χ0n) is 10.4. The molecule has 19 heavy (non-hydrogen) atoms. The van der Waals surface area contributed by atoms with E-state index in [1.807, 2.05) is 12.1 Å². The number of hydrogen-bond donors (Lipinski definition) is 0. The molecule has 0 fully saturated rings. The van der Waals surface area contributed by atoms with Gasteiger partial charge in [-0.25, -0.2) is 8.78 Å². The van der Waals surface area contributed by atoms with Crippen LogP contribution >= 0.6 is 15.9 Å². The zero-order chi connectivity index (χ0) is 13.8. The molecular weight excluding hydrogens is 314 g/mol. The largest absolute Gasteiger partial charge is 0.489 e. The van der Waals surface area contributed by atoms with Crippen LogP contribution < -0.4 is 4.74 Å². The minimum absolute atomic E-state index is 0.0751. The van der Waals surface area contributed by atoms with E-state index in [9.17, 15) is 8.78 Å². The number of rotatable bonds is 4. The molecule has 0 heterocycles. The van der Waals surface area contributed by atoms with Gasteiger partial charge in [-0.05, 0) is 52.2 Å². The molecule has 2 rings (SSSR count). The average molecular weight is 327 g/mol. The van der Waals surface area contributed by atoms with Crippen LogP contribution in [-0.4, -0.2) is 0 Å². The monoisotopic (exact) mass is 326 g/mol. The first-order valence-corrected chi connectivity index (χ1v) is 6.75. The maximum absolute atomic E-state index is 13.7. The Kier molecular flexibility index (Phi) is 4.53. The highest BCUT2D eigenvalue weighted by atomic mass is 79.9. The second-order valence-electron chi connectivity index (χ2n) is 4.11. The standard InChI is InChI=1S/C15H13BrF2O/c1-2-10-3-5-11(6-4-10)19-9-12-14(17)8-7-13(16)15(12)18/h3-8H,2,9H2,1H3. The summed E-state index contributed by atoms with van der Waals surface area (Å²) in [6.45, 7) is 1.92. The fourth-order valence-electron chi connectivity index (χ4n) is 1.68. The lowest BCUT2D eigenvalue weighted by Gasteiger charge is -2.09. The summed E-state index contributed by atoms with van der Waals surface area (Å²) in [5.74, 6) is -0.632. The van der Waals surface area contributed by atoms with Gasteiger partial charge in [0.05, 0.1) is 10.0 Å². The minimum atomic E-state index is -0.620. The van der Waals surface area contributed by atoms with Crippen molar-refractivity contribution in [2.45, 2.75) is 20.0 Å². The number of benzene rings is 2. The maximum atomic E-state index is 13.7. The van der Waals surface area contributed by atoms with E-state index in [1.54, 1.807) is 12.1 Å². The van der Waals surface area contributed by atoms with E-state index in [-0.39, 0.29) is 16.6 Å². The third kappa shape index (κ3) is 3.32. The summed E-state index contributed by atoms with van der Waals surface area (Å²) in [4.78, 5) is 0. The average Bonchev–Trinajstić information content (AvgIpc) is 2.44. The van der Waals surface area contributed by atoms with Crippen LogP contribution in [0.2, 0.25) is 0 Å². The Morgan fingerprint density at radius 2 is 1.74 bits per heavy atom. The van der Waals surface area contributed by atoms with Gasteiger partial charge in [0.15, 0.2) is 0 Å². The first-order chi connectivity index (χ1) is 9.11. The first kappa shape index (κ1) is 14.0. The van der Waals surface area contributed by atoms with Crippen molar-refractivity contribution in [3.63, 3.8) is 0 Å². The Morgan fingerprint density at radius 3 is 2.37 bits per heavy atom. The van der Waals surface area contributed by atoms with Crippen molar-refractivity contribution in [1.29, 1.82) is 0 Å². The van der Waals surface area contributed by atoms with Gasteiger partial charge in [-0.2, -0.15) is 0 Å². The van der Waals surface area contributed by atoms with Crippen molar-refractivity contribution in [3.8, 4) is 5.75 Å². The molecule has 2 aromatic carbocycles. The van der Waals surface area contributed by atoms with Gasteiger partial charge in [-0.1, -0.05) is 19.1 Å². The summed E-state index contributed by atoms with van der Waals surface area (Å²) in [6.07, 6.45) is 0.940. The Hall–Kier alpha value is -1.42. The van der Waals surface area contributed by atoms with Gasteiger partial charge in [0, 0.05) is 0 Å². The second-order valence-corrected chi connectivity index (χ2v) is 4.96. The van der Waals surface area contributed by atoms with E-state index >= 15 is 0 Å². The zero-order valence-corrected chi connectivity index (χ0v) is 12.0. The molecule has 2 aromatic rings. The van der Waals surface area contributed by atoms with E-state index in [1.165, 1.54) is 17.7 Å². The molecule has 0 radical (unpaired) electrons. The van der Waals surface area contributed by atoms with Crippen molar-refractivity contribution in [1.82, 2.24) is 0 Å². The van der Waals surface area contributed by atoms with Crippen LogP contribution in [0.15, 0.2) is 40.9 Å². The summed E-state index contributed by atoms with van der Waals surface area (Å²) >= 11 is 3.03. The first-order valence-electron chi connectivity index (χ1n) is 5.96. The van der Waals surface area contributed by atoms with Gasteiger partial charge in [0.25, 0.3) is 0 Å². The van der Waals surface area contributed by atoms with E-state index in [0.717, 1.165) is 6.42 Å². The highest BCUT2D eigenvalue weighted by Gasteiger charge is 2.12. The van der Waals surface area contributed by atoms with Crippen molar-refractivity contribution in [2.24, 2.45) is 0 Å². The number of hydrogen-bond acceptors (Lipinski definition) is 1.